The molecule has 2 unspecified atom stereocenters. The molecule has 0 spiro atoms. The number of piperidine rings is 1. The molecular formula is C26H29ClN2O2. The maximum atomic E-state index is 13.8. The first-order chi connectivity index (χ1) is 14.7. The smallest absolute Gasteiger partial charge is 0.282 e. The number of benzene rings is 2. The van der Waals surface area contributed by atoms with E-state index >= 15 is 0 Å². The Balaban J connectivity index is 1.89. The van der Waals surface area contributed by atoms with E-state index in [9.17, 15) is 9.59 Å². The van der Waals surface area contributed by atoms with E-state index in [0.717, 1.165) is 41.8 Å². The molecule has 0 aliphatic carbocycles. The number of anilines is 1. The Morgan fingerprint density at radius 2 is 1.55 bits per heavy atom. The Kier molecular flexibility index (Phi) is 5.69. The maximum absolute atomic E-state index is 13.8. The van der Waals surface area contributed by atoms with Crippen molar-refractivity contribution in [3.05, 3.63) is 69.4 Å². The first-order valence-electron chi connectivity index (χ1n) is 10.9. The van der Waals surface area contributed by atoms with Gasteiger partial charge < -0.3 is 4.90 Å². The molecule has 2 aliphatic rings. The van der Waals surface area contributed by atoms with Gasteiger partial charge in [0.2, 0.25) is 0 Å². The van der Waals surface area contributed by atoms with Crippen LogP contribution in [0.3, 0.4) is 0 Å². The van der Waals surface area contributed by atoms with E-state index in [4.69, 9.17) is 11.6 Å². The molecule has 2 aromatic carbocycles. The number of hydrogen-bond acceptors (Lipinski definition) is 3. The van der Waals surface area contributed by atoms with Crippen molar-refractivity contribution in [3.8, 4) is 0 Å². The largest absolute Gasteiger partial charge is 0.366 e. The standard InChI is InChI=1S/C26H29ClN2O2/c1-15-6-8-21(18(4)11-15)23-24(28-13-16(2)10-17(3)14-28)26(31)29(25(23)30)22-9-7-20(27)12-19(22)5/h6-9,11-12,16-17H,10,13-14H2,1-5H3. The summed E-state index contributed by atoms with van der Waals surface area (Å²) in [4.78, 5) is 31.1. The molecule has 0 aromatic heterocycles. The van der Waals surface area contributed by atoms with E-state index in [1.165, 1.54) is 4.90 Å². The number of aryl methyl sites for hydroxylation is 3. The molecule has 2 aliphatic heterocycles. The zero-order valence-electron chi connectivity index (χ0n) is 18.8. The zero-order valence-corrected chi connectivity index (χ0v) is 19.6. The average molecular weight is 437 g/mol. The molecule has 5 heteroatoms. The molecule has 31 heavy (non-hydrogen) atoms. The molecule has 2 amide bonds. The minimum atomic E-state index is -0.261. The van der Waals surface area contributed by atoms with Gasteiger partial charge in [-0.1, -0.05) is 49.2 Å². The monoisotopic (exact) mass is 436 g/mol. The summed E-state index contributed by atoms with van der Waals surface area (Å²) < 4.78 is 0. The summed E-state index contributed by atoms with van der Waals surface area (Å²) in [5, 5.41) is 0.585. The van der Waals surface area contributed by atoms with Crippen LogP contribution in [0.25, 0.3) is 5.57 Å². The first-order valence-corrected chi connectivity index (χ1v) is 11.3. The fourth-order valence-electron chi connectivity index (χ4n) is 5.08. The minimum Gasteiger partial charge on any atom is -0.366 e. The molecule has 0 bridgehead atoms. The fourth-order valence-corrected chi connectivity index (χ4v) is 5.31. The number of likely N-dealkylation sites (tertiary alicyclic amines) is 1. The van der Waals surface area contributed by atoms with Crippen molar-refractivity contribution < 1.29 is 9.59 Å². The Hall–Kier alpha value is -2.59. The number of imide groups is 1. The van der Waals surface area contributed by atoms with Gasteiger partial charge >= 0.3 is 0 Å². The lowest BCUT2D eigenvalue weighted by Crippen LogP contribution is -2.42. The van der Waals surface area contributed by atoms with Crippen molar-refractivity contribution in [2.75, 3.05) is 18.0 Å². The van der Waals surface area contributed by atoms with Crippen LogP contribution < -0.4 is 4.90 Å². The third-order valence-corrected chi connectivity index (χ3v) is 6.53. The van der Waals surface area contributed by atoms with Gasteiger partial charge in [-0.3, -0.25) is 9.59 Å². The lowest BCUT2D eigenvalue weighted by molar-refractivity contribution is -0.120. The molecule has 0 radical (unpaired) electrons. The third-order valence-electron chi connectivity index (χ3n) is 6.30. The number of halogens is 1. The normalized spacial score (nSPS) is 22.0. The first kappa shape index (κ1) is 21.6. The van der Waals surface area contributed by atoms with Crippen molar-refractivity contribution in [2.45, 2.75) is 41.0 Å². The molecular weight excluding hydrogens is 408 g/mol. The fraction of sp³-hybridized carbons (Fsp3) is 0.385. The van der Waals surface area contributed by atoms with Crippen LogP contribution in [0.4, 0.5) is 5.69 Å². The summed E-state index contributed by atoms with van der Waals surface area (Å²) in [5.41, 5.74) is 5.40. The molecule has 1 fully saturated rings. The van der Waals surface area contributed by atoms with Gasteiger partial charge in [0, 0.05) is 18.1 Å². The zero-order chi connectivity index (χ0) is 22.4. The maximum Gasteiger partial charge on any atom is 0.282 e. The van der Waals surface area contributed by atoms with Gasteiger partial charge in [0.1, 0.15) is 5.70 Å². The van der Waals surface area contributed by atoms with Gasteiger partial charge in [0.05, 0.1) is 11.3 Å². The number of carbonyl (C=O) groups excluding carboxylic acids is 2. The summed E-state index contributed by atoms with van der Waals surface area (Å²) in [7, 11) is 0. The molecule has 4 rings (SSSR count). The third kappa shape index (κ3) is 3.89. The molecule has 1 saturated heterocycles. The highest BCUT2D eigenvalue weighted by molar-refractivity contribution is 6.45. The van der Waals surface area contributed by atoms with Gasteiger partial charge in [0.25, 0.3) is 11.8 Å². The molecule has 2 atom stereocenters. The second-order valence-electron chi connectivity index (χ2n) is 9.27. The van der Waals surface area contributed by atoms with Gasteiger partial charge in [-0.2, -0.15) is 0 Å². The molecule has 2 heterocycles. The van der Waals surface area contributed by atoms with Gasteiger partial charge in [0.15, 0.2) is 0 Å². The SMILES string of the molecule is Cc1ccc(C2=C(N3CC(C)CC(C)C3)C(=O)N(c3ccc(Cl)cc3C)C2=O)c(C)c1. The number of carbonyl (C=O) groups is 2. The summed E-state index contributed by atoms with van der Waals surface area (Å²) in [5.74, 6) is 0.423. The molecule has 0 N–H and O–H groups in total. The highest BCUT2D eigenvalue weighted by Gasteiger charge is 2.44. The number of hydrogen-bond donors (Lipinski definition) is 0. The second kappa shape index (κ2) is 8.16. The number of amides is 2. The highest BCUT2D eigenvalue weighted by atomic mass is 35.5. The van der Waals surface area contributed by atoms with Crippen LogP contribution in [0.1, 0.15) is 42.5 Å². The van der Waals surface area contributed by atoms with Crippen molar-refractivity contribution in [3.63, 3.8) is 0 Å². The topological polar surface area (TPSA) is 40.6 Å². The number of nitrogens with zero attached hydrogens (tertiary/aromatic N) is 2. The van der Waals surface area contributed by atoms with Gasteiger partial charge in [-0.05, 0) is 73.9 Å². The predicted molar refractivity (Wildman–Crippen MR) is 126 cm³/mol. The van der Waals surface area contributed by atoms with Crippen LogP contribution in [-0.4, -0.2) is 29.8 Å². The van der Waals surface area contributed by atoms with Crippen molar-refractivity contribution >= 4 is 34.7 Å². The van der Waals surface area contributed by atoms with Crippen molar-refractivity contribution in [2.24, 2.45) is 11.8 Å². The molecule has 0 saturated carbocycles. The lowest BCUT2D eigenvalue weighted by atomic mass is 9.90. The van der Waals surface area contributed by atoms with Crippen molar-refractivity contribution in [1.82, 2.24) is 4.90 Å². The van der Waals surface area contributed by atoms with Crippen LogP contribution in [0.2, 0.25) is 5.02 Å². The van der Waals surface area contributed by atoms with E-state index in [-0.39, 0.29) is 11.8 Å². The van der Waals surface area contributed by atoms with E-state index in [0.29, 0.717) is 33.8 Å². The molecule has 2 aromatic rings. The molecule has 162 valence electrons. The van der Waals surface area contributed by atoms with Crippen LogP contribution in [-0.2, 0) is 9.59 Å². The Labute approximate surface area is 189 Å². The highest BCUT2D eigenvalue weighted by Crippen LogP contribution is 2.39. The van der Waals surface area contributed by atoms with E-state index in [1.54, 1.807) is 18.2 Å². The second-order valence-corrected chi connectivity index (χ2v) is 9.71. The van der Waals surface area contributed by atoms with Crippen LogP contribution in [0, 0.1) is 32.6 Å². The van der Waals surface area contributed by atoms with E-state index in [2.05, 4.69) is 24.8 Å². The Morgan fingerprint density at radius 3 is 2.16 bits per heavy atom. The predicted octanol–water partition coefficient (Wildman–Crippen LogP) is 5.53. The van der Waals surface area contributed by atoms with Crippen LogP contribution in [0.5, 0.6) is 0 Å². The Morgan fingerprint density at radius 1 is 0.871 bits per heavy atom. The van der Waals surface area contributed by atoms with Crippen LogP contribution >= 0.6 is 11.6 Å². The van der Waals surface area contributed by atoms with E-state index < -0.39 is 0 Å². The van der Waals surface area contributed by atoms with Crippen molar-refractivity contribution in [1.29, 1.82) is 0 Å². The van der Waals surface area contributed by atoms with Crippen LogP contribution in [0.15, 0.2) is 42.1 Å². The van der Waals surface area contributed by atoms with E-state index in [1.807, 2.05) is 32.9 Å². The minimum absolute atomic E-state index is 0.244. The Bertz CT molecular complexity index is 1090. The summed E-state index contributed by atoms with van der Waals surface area (Å²) in [6, 6.07) is 11.3. The quantitative estimate of drug-likeness (QED) is 0.594. The van der Waals surface area contributed by atoms with Gasteiger partial charge in [-0.15, -0.1) is 0 Å². The number of rotatable bonds is 3. The average Bonchev–Trinajstić information content (AvgIpc) is 2.92. The molecule has 4 nitrogen and oxygen atoms in total. The summed E-state index contributed by atoms with van der Waals surface area (Å²) in [6.45, 7) is 11.9. The summed E-state index contributed by atoms with van der Waals surface area (Å²) in [6.07, 6.45) is 1.13. The lowest BCUT2D eigenvalue weighted by Gasteiger charge is -2.37. The van der Waals surface area contributed by atoms with Gasteiger partial charge in [-0.25, -0.2) is 4.90 Å². The summed E-state index contributed by atoms with van der Waals surface area (Å²) >= 11 is 6.13.